The summed E-state index contributed by atoms with van der Waals surface area (Å²) in [5.41, 5.74) is 2.86. The molecule has 0 bridgehead atoms. The molecule has 0 saturated heterocycles. The molecule has 2 aromatic heterocycles. The number of hydrogen-bond donors (Lipinski definition) is 1. The lowest BCUT2D eigenvalue weighted by atomic mass is 9.98. The van der Waals surface area contributed by atoms with E-state index in [1.165, 1.54) is 0 Å². The highest BCUT2D eigenvalue weighted by molar-refractivity contribution is 5.95. The van der Waals surface area contributed by atoms with Crippen molar-refractivity contribution in [1.29, 1.82) is 0 Å². The van der Waals surface area contributed by atoms with E-state index in [0.717, 1.165) is 11.3 Å². The molecule has 7 heteroatoms. The van der Waals surface area contributed by atoms with E-state index in [-0.39, 0.29) is 17.8 Å². The van der Waals surface area contributed by atoms with Crippen LogP contribution in [0.25, 0.3) is 11.2 Å². The topological polar surface area (TPSA) is 83.5 Å². The number of carbonyl (C=O) groups is 1. The van der Waals surface area contributed by atoms with Gasteiger partial charge in [-0.25, -0.2) is 9.97 Å². The molecule has 0 radical (unpaired) electrons. The van der Waals surface area contributed by atoms with E-state index in [4.69, 9.17) is 4.74 Å². The van der Waals surface area contributed by atoms with Gasteiger partial charge in [0.05, 0.1) is 13.2 Å². The molecule has 0 aliphatic carbocycles. The van der Waals surface area contributed by atoms with Gasteiger partial charge in [-0.15, -0.1) is 0 Å². The maximum absolute atomic E-state index is 12.9. The first-order valence-corrected chi connectivity index (χ1v) is 7.62. The van der Waals surface area contributed by atoms with E-state index < -0.39 is 0 Å². The number of carbonyl (C=O) groups excluding carboxylic acids is 1. The first-order chi connectivity index (χ1) is 11.6. The van der Waals surface area contributed by atoms with E-state index in [1.807, 2.05) is 6.92 Å². The van der Waals surface area contributed by atoms with E-state index >= 15 is 0 Å². The van der Waals surface area contributed by atoms with Crippen LogP contribution in [0.1, 0.15) is 24.0 Å². The Morgan fingerprint density at radius 2 is 2.38 bits per heavy atom. The number of amides is 1. The van der Waals surface area contributed by atoms with E-state index in [0.29, 0.717) is 29.9 Å². The van der Waals surface area contributed by atoms with E-state index in [1.54, 1.807) is 30.3 Å². The Hall–Kier alpha value is -2.96. The number of nitrogens with zero attached hydrogens (tertiary/aromatic N) is 4. The lowest BCUT2D eigenvalue weighted by Crippen LogP contribution is -2.43. The first-order valence-electron chi connectivity index (χ1n) is 7.62. The van der Waals surface area contributed by atoms with Crippen LogP contribution in [0.2, 0.25) is 0 Å². The minimum Gasteiger partial charge on any atom is -0.494 e. The second-order valence-corrected chi connectivity index (χ2v) is 5.49. The molecule has 0 saturated carbocycles. The number of aliphatic imine (C=N–C) groups is 1. The Morgan fingerprint density at radius 1 is 1.58 bits per heavy atom. The van der Waals surface area contributed by atoms with Gasteiger partial charge in [0.1, 0.15) is 11.3 Å². The smallest absolute Gasteiger partial charge is 0.290 e. The summed E-state index contributed by atoms with van der Waals surface area (Å²) in [6.45, 7) is 9.91. The summed E-state index contributed by atoms with van der Waals surface area (Å²) in [7, 11) is 1.56. The van der Waals surface area contributed by atoms with Gasteiger partial charge in [0, 0.05) is 30.9 Å². The standard InChI is InChI=1S/C17H19N5O2/c1-5-11-10(2)22(9-7-12(11)18-3)17(23)16-20-14-13(24-4)6-8-19-15(14)21-16/h5-6,8,10H,1,3,7,9H2,2,4H3,(H,19,20,21)/t10-/m1/s1. The molecule has 1 N–H and O–H groups in total. The molecule has 1 atom stereocenters. The van der Waals surface area contributed by atoms with Crippen LogP contribution in [0.4, 0.5) is 0 Å². The van der Waals surface area contributed by atoms with Crippen molar-refractivity contribution in [3.8, 4) is 5.75 Å². The summed E-state index contributed by atoms with van der Waals surface area (Å²) in [5, 5.41) is 0. The SMILES string of the molecule is C=CC1=C(N=C)CCN(C(=O)c2nc3nccc(OC)c3[nH]2)[C@@H]1C. The molecule has 7 nitrogen and oxygen atoms in total. The van der Waals surface area contributed by atoms with Crippen molar-refractivity contribution < 1.29 is 9.53 Å². The van der Waals surface area contributed by atoms with Gasteiger partial charge in [0.15, 0.2) is 11.5 Å². The highest BCUT2D eigenvalue weighted by atomic mass is 16.5. The molecule has 24 heavy (non-hydrogen) atoms. The third-order valence-electron chi connectivity index (χ3n) is 4.29. The summed E-state index contributed by atoms with van der Waals surface area (Å²) in [4.78, 5) is 30.2. The maximum atomic E-state index is 12.9. The minimum atomic E-state index is -0.190. The van der Waals surface area contributed by atoms with Gasteiger partial charge in [0.25, 0.3) is 5.91 Å². The molecule has 1 amide bonds. The molecule has 0 fully saturated rings. The molecule has 1 aliphatic heterocycles. The van der Waals surface area contributed by atoms with Crippen LogP contribution < -0.4 is 4.74 Å². The van der Waals surface area contributed by atoms with Crippen molar-refractivity contribution in [2.75, 3.05) is 13.7 Å². The molecule has 1 aliphatic rings. The highest BCUT2D eigenvalue weighted by Gasteiger charge is 2.30. The number of aromatic nitrogens is 3. The number of methoxy groups -OCH3 is 1. The average molecular weight is 325 g/mol. The normalized spacial score (nSPS) is 17.9. The van der Waals surface area contributed by atoms with Gasteiger partial charge in [-0.05, 0) is 19.2 Å². The summed E-state index contributed by atoms with van der Waals surface area (Å²) >= 11 is 0. The number of aromatic amines is 1. The number of pyridine rings is 1. The quantitative estimate of drug-likeness (QED) is 0.875. The Morgan fingerprint density at radius 3 is 3.04 bits per heavy atom. The average Bonchev–Trinajstić information content (AvgIpc) is 3.04. The first kappa shape index (κ1) is 15.9. The number of hydrogen-bond acceptors (Lipinski definition) is 5. The van der Waals surface area contributed by atoms with Gasteiger partial charge in [0.2, 0.25) is 0 Å². The molecule has 124 valence electrons. The number of nitrogens with one attached hydrogen (secondary N) is 1. The second-order valence-electron chi connectivity index (χ2n) is 5.49. The Labute approximate surface area is 139 Å². The zero-order chi connectivity index (χ0) is 17.3. The van der Waals surface area contributed by atoms with Crippen LogP contribution in [0, 0.1) is 0 Å². The number of ether oxygens (including phenoxy) is 1. The maximum Gasteiger partial charge on any atom is 0.290 e. The van der Waals surface area contributed by atoms with Gasteiger partial charge >= 0.3 is 0 Å². The van der Waals surface area contributed by atoms with Gasteiger partial charge in [-0.1, -0.05) is 12.7 Å². The highest BCUT2D eigenvalue weighted by Crippen LogP contribution is 2.27. The van der Waals surface area contributed by atoms with Crippen molar-refractivity contribution >= 4 is 23.8 Å². The predicted molar refractivity (Wildman–Crippen MR) is 92.3 cm³/mol. The molecule has 3 rings (SSSR count). The Balaban J connectivity index is 1.96. The zero-order valence-corrected chi connectivity index (χ0v) is 13.7. The molecule has 0 aromatic carbocycles. The summed E-state index contributed by atoms with van der Waals surface area (Å²) in [6.07, 6.45) is 3.97. The van der Waals surface area contributed by atoms with Gasteiger partial charge in [-0.2, -0.15) is 0 Å². The third kappa shape index (κ3) is 2.47. The minimum absolute atomic E-state index is 0.146. The number of fused-ring (bicyclic) bond motifs is 1. The van der Waals surface area contributed by atoms with E-state index in [2.05, 4.69) is 33.2 Å². The van der Waals surface area contributed by atoms with Crippen LogP contribution in [0.5, 0.6) is 5.75 Å². The Bertz CT molecular complexity index is 852. The second kappa shape index (κ2) is 6.27. The van der Waals surface area contributed by atoms with Crippen LogP contribution in [-0.4, -0.2) is 52.2 Å². The molecule has 3 heterocycles. The predicted octanol–water partition coefficient (Wildman–Crippen LogP) is 2.34. The van der Waals surface area contributed by atoms with Crippen molar-refractivity contribution in [2.24, 2.45) is 4.99 Å². The largest absolute Gasteiger partial charge is 0.494 e. The number of rotatable bonds is 4. The van der Waals surface area contributed by atoms with Crippen LogP contribution >= 0.6 is 0 Å². The zero-order valence-electron chi connectivity index (χ0n) is 13.7. The van der Waals surface area contributed by atoms with E-state index in [9.17, 15) is 4.79 Å². The lowest BCUT2D eigenvalue weighted by Gasteiger charge is -2.34. The monoisotopic (exact) mass is 325 g/mol. The van der Waals surface area contributed by atoms with Crippen molar-refractivity contribution in [3.63, 3.8) is 0 Å². The van der Waals surface area contributed by atoms with Gasteiger partial charge < -0.3 is 14.6 Å². The number of H-pyrrole nitrogens is 1. The summed E-state index contributed by atoms with van der Waals surface area (Å²) in [5.74, 6) is 0.653. The van der Waals surface area contributed by atoms with Crippen LogP contribution in [0.15, 0.2) is 41.2 Å². The fourth-order valence-electron chi connectivity index (χ4n) is 3.01. The molecule has 0 unspecified atom stereocenters. The Kier molecular flexibility index (Phi) is 4.16. The van der Waals surface area contributed by atoms with Crippen molar-refractivity contribution in [1.82, 2.24) is 19.9 Å². The molecule has 0 spiro atoms. The van der Waals surface area contributed by atoms with Crippen LogP contribution in [0.3, 0.4) is 0 Å². The fourth-order valence-corrected chi connectivity index (χ4v) is 3.01. The van der Waals surface area contributed by atoms with Crippen LogP contribution in [-0.2, 0) is 0 Å². The molecule has 2 aromatic rings. The van der Waals surface area contributed by atoms with Crippen molar-refractivity contribution in [2.45, 2.75) is 19.4 Å². The summed E-state index contributed by atoms with van der Waals surface area (Å²) < 4.78 is 5.27. The fraction of sp³-hybridized carbons (Fsp3) is 0.294. The van der Waals surface area contributed by atoms with Gasteiger partial charge in [-0.3, -0.25) is 9.79 Å². The summed E-state index contributed by atoms with van der Waals surface area (Å²) in [6, 6.07) is 1.58. The number of imidazole rings is 1. The molecular weight excluding hydrogens is 306 g/mol. The third-order valence-corrected chi connectivity index (χ3v) is 4.29. The molecular formula is C17H19N5O2. The lowest BCUT2D eigenvalue weighted by molar-refractivity contribution is 0.0698. The van der Waals surface area contributed by atoms with Crippen molar-refractivity contribution in [3.05, 3.63) is 42.0 Å².